The molecule has 1 aliphatic rings. The Morgan fingerprint density at radius 3 is 2.61 bits per heavy atom. The molecule has 0 saturated carbocycles. The van der Waals surface area contributed by atoms with E-state index in [2.05, 4.69) is 17.3 Å². The number of benzene rings is 1. The zero-order valence-corrected chi connectivity index (χ0v) is 10.7. The van der Waals surface area contributed by atoms with Gasteiger partial charge in [0, 0.05) is 19.1 Å². The van der Waals surface area contributed by atoms with Gasteiger partial charge < -0.3 is 15.3 Å². The highest BCUT2D eigenvalue weighted by atomic mass is 16.4. The molecule has 0 spiro atoms. The molecule has 1 aliphatic heterocycles. The fraction of sp³-hybridized carbons (Fsp3) is 0.500. The minimum atomic E-state index is -0.783. The third-order valence-corrected chi connectivity index (χ3v) is 3.36. The van der Waals surface area contributed by atoms with Gasteiger partial charge in [0.15, 0.2) is 0 Å². The van der Waals surface area contributed by atoms with Crippen molar-refractivity contribution in [3.8, 4) is 0 Å². The summed E-state index contributed by atoms with van der Waals surface area (Å²) in [6.45, 7) is 3.12. The Morgan fingerprint density at radius 1 is 1.39 bits per heavy atom. The molecule has 0 bridgehead atoms. The smallest absolute Gasteiger partial charge is 0.307 e. The van der Waals surface area contributed by atoms with Crippen molar-refractivity contribution in [1.29, 1.82) is 0 Å². The molecule has 0 amide bonds. The van der Waals surface area contributed by atoms with Crippen LogP contribution in [-0.4, -0.2) is 42.2 Å². The van der Waals surface area contributed by atoms with E-state index in [4.69, 9.17) is 5.11 Å². The maximum Gasteiger partial charge on any atom is 0.307 e. The zero-order valence-electron chi connectivity index (χ0n) is 10.7. The van der Waals surface area contributed by atoms with E-state index >= 15 is 0 Å². The lowest BCUT2D eigenvalue weighted by Gasteiger charge is -2.12. The Balaban J connectivity index is 1.81. The van der Waals surface area contributed by atoms with Gasteiger partial charge in [0.1, 0.15) is 0 Å². The van der Waals surface area contributed by atoms with Crippen molar-refractivity contribution in [2.24, 2.45) is 0 Å². The van der Waals surface area contributed by atoms with Crippen molar-refractivity contribution in [3.05, 3.63) is 35.4 Å². The number of carbonyl (C=O) groups is 1. The topological polar surface area (TPSA) is 52.6 Å². The Hall–Kier alpha value is -1.39. The molecule has 2 rings (SSSR count). The van der Waals surface area contributed by atoms with E-state index in [-0.39, 0.29) is 6.42 Å². The average molecular weight is 248 g/mol. The summed E-state index contributed by atoms with van der Waals surface area (Å²) in [7, 11) is 2.14. The summed E-state index contributed by atoms with van der Waals surface area (Å²) in [5, 5.41) is 12.2. The molecule has 1 unspecified atom stereocenters. The Morgan fingerprint density at radius 2 is 2.06 bits per heavy atom. The van der Waals surface area contributed by atoms with E-state index in [1.807, 2.05) is 24.3 Å². The molecule has 0 aromatic heterocycles. The van der Waals surface area contributed by atoms with Gasteiger partial charge in [0.25, 0.3) is 0 Å². The largest absolute Gasteiger partial charge is 0.481 e. The monoisotopic (exact) mass is 248 g/mol. The number of likely N-dealkylation sites (tertiary alicyclic amines) is 1. The number of carboxylic acid groups (broad SMARTS) is 1. The Bertz CT molecular complexity index is 403. The van der Waals surface area contributed by atoms with Crippen molar-refractivity contribution in [2.45, 2.75) is 25.4 Å². The SMILES string of the molecule is CN1CCC(NCc2ccc(CC(=O)O)cc2)C1. The standard InChI is InChI=1S/C14H20N2O2/c1-16-7-6-13(10-16)15-9-12-4-2-11(3-5-12)8-14(17)18/h2-5,13,15H,6-10H2,1H3,(H,17,18). The molecule has 1 heterocycles. The molecule has 1 aromatic carbocycles. The van der Waals surface area contributed by atoms with Crippen molar-refractivity contribution in [1.82, 2.24) is 10.2 Å². The molecule has 0 radical (unpaired) electrons. The third kappa shape index (κ3) is 3.82. The zero-order chi connectivity index (χ0) is 13.0. The number of likely N-dealkylation sites (N-methyl/N-ethyl adjacent to an activating group) is 1. The summed E-state index contributed by atoms with van der Waals surface area (Å²) in [6, 6.07) is 8.37. The summed E-state index contributed by atoms with van der Waals surface area (Å²) >= 11 is 0. The molecule has 2 N–H and O–H groups in total. The molecular formula is C14H20N2O2. The quantitative estimate of drug-likeness (QED) is 0.819. The fourth-order valence-electron chi connectivity index (χ4n) is 2.31. The molecule has 4 nitrogen and oxygen atoms in total. The van der Waals surface area contributed by atoms with Crippen LogP contribution in [0.25, 0.3) is 0 Å². The predicted octanol–water partition coefficient (Wildman–Crippen LogP) is 1.11. The Kier molecular flexibility index (Phi) is 4.33. The summed E-state index contributed by atoms with van der Waals surface area (Å²) in [6.07, 6.45) is 1.30. The van der Waals surface area contributed by atoms with Crippen molar-refractivity contribution >= 4 is 5.97 Å². The number of rotatable bonds is 5. The van der Waals surface area contributed by atoms with Gasteiger partial charge in [-0.15, -0.1) is 0 Å². The number of nitrogens with one attached hydrogen (secondary N) is 1. The highest BCUT2D eigenvalue weighted by molar-refractivity contribution is 5.70. The van der Waals surface area contributed by atoms with Gasteiger partial charge >= 0.3 is 5.97 Å². The minimum absolute atomic E-state index is 0.0983. The summed E-state index contributed by atoms with van der Waals surface area (Å²) in [5.41, 5.74) is 2.06. The maximum atomic E-state index is 10.6. The van der Waals surface area contributed by atoms with Crippen LogP contribution in [0.15, 0.2) is 24.3 Å². The van der Waals surface area contributed by atoms with E-state index in [1.165, 1.54) is 12.0 Å². The first-order valence-electron chi connectivity index (χ1n) is 6.35. The van der Waals surface area contributed by atoms with Crippen molar-refractivity contribution in [3.63, 3.8) is 0 Å². The second kappa shape index (κ2) is 5.98. The lowest BCUT2D eigenvalue weighted by molar-refractivity contribution is -0.136. The van der Waals surface area contributed by atoms with Crippen LogP contribution < -0.4 is 5.32 Å². The average Bonchev–Trinajstić information content (AvgIpc) is 2.74. The molecule has 4 heteroatoms. The molecule has 1 fully saturated rings. The fourth-order valence-corrected chi connectivity index (χ4v) is 2.31. The summed E-state index contributed by atoms with van der Waals surface area (Å²) in [5.74, 6) is -0.783. The van der Waals surface area contributed by atoms with E-state index in [9.17, 15) is 4.79 Å². The van der Waals surface area contributed by atoms with Crippen LogP contribution in [0, 0.1) is 0 Å². The number of carboxylic acids is 1. The minimum Gasteiger partial charge on any atom is -0.481 e. The van der Waals surface area contributed by atoms with E-state index in [0.29, 0.717) is 6.04 Å². The summed E-state index contributed by atoms with van der Waals surface area (Å²) < 4.78 is 0. The molecular weight excluding hydrogens is 228 g/mol. The lowest BCUT2D eigenvalue weighted by atomic mass is 10.1. The van der Waals surface area contributed by atoms with E-state index < -0.39 is 5.97 Å². The van der Waals surface area contributed by atoms with Crippen molar-refractivity contribution < 1.29 is 9.90 Å². The molecule has 98 valence electrons. The van der Waals surface area contributed by atoms with Crippen LogP contribution in [0.1, 0.15) is 17.5 Å². The van der Waals surface area contributed by atoms with Gasteiger partial charge in [-0.05, 0) is 31.1 Å². The van der Waals surface area contributed by atoms with Crippen LogP contribution >= 0.6 is 0 Å². The van der Waals surface area contributed by atoms with Gasteiger partial charge in [-0.2, -0.15) is 0 Å². The number of hydrogen-bond acceptors (Lipinski definition) is 3. The van der Waals surface area contributed by atoms with Crippen LogP contribution in [0.2, 0.25) is 0 Å². The summed E-state index contributed by atoms with van der Waals surface area (Å²) in [4.78, 5) is 12.9. The van der Waals surface area contributed by atoms with Crippen LogP contribution in [0.3, 0.4) is 0 Å². The first kappa shape index (κ1) is 13.1. The van der Waals surface area contributed by atoms with Gasteiger partial charge in [-0.25, -0.2) is 0 Å². The first-order valence-corrected chi connectivity index (χ1v) is 6.35. The van der Waals surface area contributed by atoms with Gasteiger partial charge in [-0.1, -0.05) is 24.3 Å². The maximum absolute atomic E-state index is 10.6. The highest BCUT2D eigenvalue weighted by Crippen LogP contribution is 2.09. The second-order valence-electron chi connectivity index (χ2n) is 5.02. The van der Waals surface area contributed by atoms with Crippen LogP contribution in [-0.2, 0) is 17.8 Å². The molecule has 18 heavy (non-hydrogen) atoms. The highest BCUT2D eigenvalue weighted by Gasteiger charge is 2.18. The second-order valence-corrected chi connectivity index (χ2v) is 5.02. The Labute approximate surface area is 108 Å². The third-order valence-electron chi connectivity index (χ3n) is 3.36. The predicted molar refractivity (Wildman–Crippen MR) is 70.5 cm³/mol. The first-order chi connectivity index (χ1) is 8.63. The molecule has 1 saturated heterocycles. The van der Waals surface area contributed by atoms with Crippen LogP contribution in [0.4, 0.5) is 0 Å². The number of hydrogen-bond donors (Lipinski definition) is 2. The van der Waals surface area contributed by atoms with Gasteiger partial charge in [0.05, 0.1) is 6.42 Å². The number of aliphatic carboxylic acids is 1. The van der Waals surface area contributed by atoms with Crippen molar-refractivity contribution in [2.75, 3.05) is 20.1 Å². The molecule has 1 atom stereocenters. The lowest BCUT2D eigenvalue weighted by Crippen LogP contribution is -2.30. The molecule has 0 aliphatic carbocycles. The van der Waals surface area contributed by atoms with E-state index in [1.54, 1.807) is 0 Å². The van der Waals surface area contributed by atoms with Gasteiger partial charge in [-0.3, -0.25) is 4.79 Å². The normalized spacial score (nSPS) is 20.2. The van der Waals surface area contributed by atoms with E-state index in [0.717, 1.165) is 25.2 Å². The molecule has 1 aromatic rings. The van der Waals surface area contributed by atoms with Crippen LogP contribution in [0.5, 0.6) is 0 Å². The number of nitrogens with zero attached hydrogens (tertiary/aromatic N) is 1. The van der Waals surface area contributed by atoms with Gasteiger partial charge in [0.2, 0.25) is 0 Å².